The highest BCUT2D eigenvalue weighted by Gasteiger charge is 2.51. The van der Waals surface area contributed by atoms with Gasteiger partial charge in [0.05, 0.1) is 10.7 Å². The van der Waals surface area contributed by atoms with Crippen LogP contribution < -0.4 is 10.2 Å². The molecule has 3 atom stereocenters. The normalized spacial score (nSPS) is 22.7. The van der Waals surface area contributed by atoms with E-state index in [-0.39, 0.29) is 11.8 Å². The molecule has 2 heterocycles. The molecule has 3 rings (SSSR count). The summed E-state index contributed by atoms with van der Waals surface area (Å²) >= 11 is 6.25. The van der Waals surface area contributed by atoms with Gasteiger partial charge in [-0.2, -0.15) is 0 Å². The monoisotopic (exact) mass is 409 g/mol. The van der Waals surface area contributed by atoms with Gasteiger partial charge >= 0.3 is 5.97 Å². The first-order valence-electron chi connectivity index (χ1n) is 9.26. The molecule has 2 aliphatic heterocycles. The van der Waals surface area contributed by atoms with E-state index in [4.69, 9.17) is 21.4 Å². The first-order valence-corrected chi connectivity index (χ1v) is 9.64. The van der Waals surface area contributed by atoms with Crippen LogP contribution in [0.5, 0.6) is 0 Å². The SMILES string of the molecule is CC(C)[C@H](NC(=O)[C@H]1O[C@@H]1C(=O)O)C(=O)N1CCN(c2ccccc2Cl)CC1. The lowest BCUT2D eigenvalue weighted by molar-refractivity contribution is -0.138. The van der Waals surface area contributed by atoms with E-state index < -0.39 is 30.1 Å². The van der Waals surface area contributed by atoms with Crippen molar-refractivity contribution in [1.82, 2.24) is 10.2 Å². The number of halogens is 1. The number of epoxide rings is 1. The molecule has 2 fully saturated rings. The summed E-state index contributed by atoms with van der Waals surface area (Å²) in [5, 5.41) is 12.2. The predicted octanol–water partition coefficient (Wildman–Crippen LogP) is 0.981. The van der Waals surface area contributed by atoms with E-state index in [1.165, 1.54) is 0 Å². The zero-order valence-electron chi connectivity index (χ0n) is 15.8. The van der Waals surface area contributed by atoms with Gasteiger partial charge in [-0.3, -0.25) is 9.59 Å². The third-order valence-corrected chi connectivity index (χ3v) is 5.33. The van der Waals surface area contributed by atoms with Crippen LogP contribution in [0.4, 0.5) is 5.69 Å². The molecule has 2 aliphatic rings. The molecule has 2 N–H and O–H groups in total. The quantitative estimate of drug-likeness (QED) is 0.679. The number of carboxylic acids is 1. The lowest BCUT2D eigenvalue weighted by atomic mass is 10.0. The Bertz CT molecular complexity index is 764. The Morgan fingerprint density at radius 1 is 1.14 bits per heavy atom. The van der Waals surface area contributed by atoms with Crippen LogP contribution >= 0.6 is 11.6 Å². The van der Waals surface area contributed by atoms with Gasteiger partial charge in [-0.05, 0) is 18.1 Å². The van der Waals surface area contributed by atoms with E-state index in [2.05, 4.69) is 10.2 Å². The highest BCUT2D eigenvalue weighted by atomic mass is 35.5. The van der Waals surface area contributed by atoms with E-state index in [9.17, 15) is 14.4 Å². The summed E-state index contributed by atoms with van der Waals surface area (Å²) in [6, 6.07) is 6.86. The highest BCUT2D eigenvalue weighted by molar-refractivity contribution is 6.33. The number of carbonyl (C=O) groups is 3. The maximum Gasteiger partial charge on any atom is 0.336 e. The molecule has 1 aromatic carbocycles. The largest absolute Gasteiger partial charge is 0.479 e. The summed E-state index contributed by atoms with van der Waals surface area (Å²) in [6.07, 6.45) is -2.15. The number of piperazine rings is 1. The molecule has 0 saturated carbocycles. The molecule has 0 aromatic heterocycles. The molecule has 28 heavy (non-hydrogen) atoms. The molecule has 9 heteroatoms. The van der Waals surface area contributed by atoms with Crippen LogP contribution in [0.2, 0.25) is 5.02 Å². The number of aliphatic carboxylic acids is 1. The summed E-state index contributed by atoms with van der Waals surface area (Å²) in [6.45, 7) is 5.99. The van der Waals surface area contributed by atoms with Crippen molar-refractivity contribution in [1.29, 1.82) is 0 Å². The minimum atomic E-state index is -1.18. The lowest BCUT2D eigenvalue weighted by Crippen LogP contribution is -2.57. The number of ether oxygens (including phenoxy) is 1. The summed E-state index contributed by atoms with van der Waals surface area (Å²) < 4.78 is 4.86. The number of anilines is 1. The van der Waals surface area contributed by atoms with E-state index in [1.54, 1.807) is 4.90 Å². The van der Waals surface area contributed by atoms with Gasteiger partial charge in [0, 0.05) is 26.2 Å². The summed E-state index contributed by atoms with van der Waals surface area (Å²) in [5.74, 6) is -2.05. The van der Waals surface area contributed by atoms with Gasteiger partial charge in [-0.25, -0.2) is 4.79 Å². The van der Waals surface area contributed by atoms with Crippen molar-refractivity contribution in [3.05, 3.63) is 29.3 Å². The predicted molar refractivity (Wildman–Crippen MR) is 103 cm³/mol. The number of hydrogen-bond acceptors (Lipinski definition) is 5. The number of para-hydroxylation sites is 1. The molecule has 0 unspecified atom stereocenters. The van der Waals surface area contributed by atoms with E-state index >= 15 is 0 Å². The van der Waals surface area contributed by atoms with Gasteiger partial charge in [-0.15, -0.1) is 0 Å². The Labute approximate surface area is 168 Å². The van der Waals surface area contributed by atoms with E-state index in [0.717, 1.165) is 5.69 Å². The first-order chi connectivity index (χ1) is 13.3. The molecule has 0 aliphatic carbocycles. The fourth-order valence-electron chi connectivity index (χ4n) is 3.32. The number of carbonyl (C=O) groups excluding carboxylic acids is 2. The Morgan fingerprint density at radius 2 is 1.79 bits per heavy atom. The Morgan fingerprint density at radius 3 is 2.32 bits per heavy atom. The number of rotatable bonds is 6. The molecule has 152 valence electrons. The van der Waals surface area contributed by atoms with Crippen LogP contribution in [0.3, 0.4) is 0 Å². The Hall–Kier alpha value is -2.32. The fourth-order valence-corrected chi connectivity index (χ4v) is 3.58. The summed E-state index contributed by atoms with van der Waals surface area (Å²) in [5.41, 5.74) is 0.940. The van der Waals surface area contributed by atoms with Crippen LogP contribution in [0, 0.1) is 5.92 Å². The number of amides is 2. The van der Waals surface area contributed by atoms with Gasteiger partial charge < -0.3 is 25.0 Å². The van der Waals surface area contributed by atoms with Crippen molar-refractivity contribution in [3.8, 4) is 0 Å². The summed E-state index contributed by atoms with van der Waals surface area (Å²) in [7, 11) is 0. The standard InChI is InChI=1S/C19H24ClN3O5/c1-11(2)14(21-17(24)15-16(28-15)19(26)27)18(25)23-9-7-22(8-10-23)13-6-4-3-5-12(13)20/h3-6,11,14-16H,7-10H2,1-2H3,(H,21,24)(H,26,27)/t14-,15-,16-/m0/s1. The Balaban J connectivity index is 1.58. The topological polar surface area (TPSA) is 102 Å². The van der Waals surface area contributed by atoms with Crippen molar-refractivity contribution in [3.63, 3.8) is 0 Å². The van der Waals surface area contributed by atoms with Crippen LogP contribution in [-0.2, 0) is 19.1 Å². The molecular weight excluding hydrogens is 386 g/mol. The van der Waals surface area contributed by atoms with Gasteiger partial charge in [-0.1, -0.05) is 37.6 Å². The third-order valence-electron chi connectivity index (χ3n) is 5.01. The number of nitrogens with zero attached hydrogens (tertiary/aromatic N) is 2. The average Bonchev–Trinajstić information content (AvgIpc) is 3.47. The number of carboxylic acid groups (broad SMARTS) is 1. The fraction of sp³-hybridized carbons (Fsp3) is 0.526. The smallest absolute Gasteiger partial charge is 0.336 e. The van der Waals surface area contributed by atoms with Crippen molar-refractivity contribution in [2.75, 3.05) is 31.1 Å². The van der Waals surface area contributed by atoms with E-state index in [1.807, 2.05) is 38.1 Å². The second-order valence-corrected chi connectivity index (χ2v) is 7.72. The minimum absolute atomic E-state index is 0.139. The van der Waals surface area contributed by atoms with Crippen LogP contribution in [0.15, 0.2) is 24.3 Å². The minimum Gasteiger partial charge on any atom is -0.479 e. The van der Waals surface area contributed by atoms with Crippen molar-refractivity contribution >= 4 is 35.1 Å². The zero-order valence-corrected chi connectivity index (χ0v) is 16.6. The summed E-state index contributed by atoms with van der Waals surface area (Å²) in [4.78, 5) is 39.9. The van der Waals surface area contributed by atoms with Gasteiger partial charge in [0.25, 0.3) is 5.91 Å². The van der Waals surface area contributed by atoms with Gasteiger partial charge in [0.15, 0.2) is 12.2 Å². The third kappa shape index (κ3) is 4.39. The van der Waals surface area contributed by atoms with E-state index in [0.29, 0.717) is 31.2 Å². The zero-order chi connectivity index (χ0) is 20.4. The molecule has 2 saturated heterocycles. The maximum absolute atomic E-state index is 13.0. The molecule has 0 spiro atoms. The van der Waals surface area contributed by atoms with Crippen molar-refractivity contribution in [2.45, 2.75) is 32.1 Å². The molecule has 2 amide bonds. The Kier molecular flexibility index (Phi) is 6.10. The van der Waals surface area contributed by atoms with Crippen molar-refractivity contribution in [2.24, 2.45) is 5.92 Å². The van der Waals surface area contributed by atoms with Gasteiger partial charge in [0.2, 0.25) is 5.91 Å². The van der Waals surface area contributed by atoms with Crippen molar-refractivity contribution < 1.29 is 24.2 Å². The van der Waals surface area contributed by atoms with Crippen LogP contribution in [0.25, 0.3) is 0 Å². The molecule has 0 radical (unpaired) electrons. The molecular formula is C19H24ClN3O5. The number of benzene rings is 1. The maximum atomic E-state index is 13.0. The highest BCUT2D eigenvalue weighted by Crippen LogP contribution is 2.26. The van der Waals surface area contributed by atoms with Gasteiger partial charge in [0.1, 0.15) is 6.04 Å². The van der Waals surface area contributed by atoms with Crippen LogP contribution in [0.1, 0.15) is 13.8 Å². The van der Waals surface area contributed by atoms with Crippen LogP contribution in [-0.4, -0.2) is 72.2 Å². The number of hydrogen-bond donors (Lipinski definition) is 2. The molecule has 8 nitrogen and oxygen atoms in total. The average molecular weight is 410 g/mol. The second-order valence-electron chi connectivity index (χ2n) is 7.31. The number of nitrogens with one attached hydrogen (secondary N) is 1. The second kappa shape index (κ2) is 8.36. The molecule has 1 aromatic rings. The lowest BCUT2D eigenvalue weighted by Gasteiger charge is -2.38. The molecule has 0 bridgehead atoms. The first kappa shape index (κ1) is 20.4.